The van der Waals surface area contributed by atoms with Crippen molar-refractivity contribution in [2.24, 2.45) is 10.7 Å². The van der Waals surface area contributed by atoms with Crippen LogP contribution in [-0.4, -0.2) is 42.6 Å². The number of fused-ring (bicyclic) bond motifs is 1. The lowest BCUT2D eigenvalue weighted by molar-refractivity contribution is -0.150. The number of nitrogens with two attached hydrogens (primary N) is 1. The minimum absolute atomic E-state index is 0.147. The molecule has 6 nitrogen and oxygen atoms in total. The summed E-state index contributed by atoms with van der Waals surface area (Å²) in [7, 11) is 0. The van der Waals surface area contributed by atoms with Gasteiger partial charge < -0.3 is 20.3 Å². The number of carboxylic acid groups (broad SMARTS) is 1. The molecule has 120 valence electrons. The smallest absolute Gasteiger partial charge is 0.329 e. The predicted molar refractivity (Wildman–Crippen MR) is 74.8 cm³/mol. The Morgan fingerprint density at radius 2 is 2.18 bits per heavy atom. The van der Waals surface area contributed by atoms with Crippen molar-refractivity contribution in [3.05, 3.63) is 23.8 Å². The molecule has 0 spiro atoms. The molecule has 1 heterocycles. The average molecular weight is 314 g/mol. The molecule has 3 N–H and O–H groups in total. The standard InChI is InChI=1S/C14H16F2N2O4/c15-12(16)14(17,13(19)20)4-1-5-18-7-9-2-3-10-11(6-9)22-8-21-10/h2-3,6-7,12H,1,4-5,8,17H2,(H,19,20). The Morgan fingerprint density at radius 3 is 2.86 bits per heavy atom. The molecule has 1 atom stereocenters. The molecule has 0 aliphatic carbocycles. The fourth-order valence-corrected chi connectivity index (χ4v) is 1.94. The Hall–Kier alpha value is -2.22. The van der Waals surface area contributed by atoms with Gasteiger partial charge in [0.1, 0.15) is 0 Å². The molecule has 8 heteroatoms. The number of aliphatic carboxylic acids is 1. The maximum Gasteiger partial charge on any atom is 0.329 e. The fourth-order valence-electron chi connectivity index (χ4n) is 1.94. The average Bonchev–Trinajstić information content (AvgIpc) is 2.93. The van der Waals surface area contributed by atoms with Gasteiger partial charge in [-0.15, -0.1) is 0 Å². The van der Waals surface area contributed by atoms with E-state index in [9.17, 15) is 13.6 Å². The minimum atomic E-state index is -3.12. The molecule has 0 fully saturated rings. The van der Waals surface area contributed by atoms with E-state index >= 15 is 0 Å². The topological polar surface area (TPSA) is 94.1 Å². The summed E-state index contributed by atoms with van der Waals surface area (Å²) < 4.78 is 35.7. The highest BCUT2D eigenvalue weighted by atomic mass is 19.3. The molecule has 0 saturated carbocycles. The van der Waals surface area contributed by atoms with E-state index in [1.165, 1.54) is 0 Å². The van der Waals surface area contributed by atoms with Gasteiger partial charge in [0.25, 0.3) is 6.43 Å². The number of halogens is 2. The number of nitrogens with zero attached hydrogens (tertiary/aromatic N) is 1. The third-order valence-electron chi connectivity index (χ3n) is 3.30. The fraction of sp³-hybridized carbons (Fsp3) is 0.429. The summed E-state index contributed by atoms with van der Waals surface area (Å²) >= 11 is 0. The molecule has 1 aromatic rings. The number of alkyl halides is 2. The lowest BCUT2D eigenvalue weighted by atomic mass is 9.95. The summed E-state index contributed by atoms with van der Waals surface area (Å²) in [4.78, 5) is 14.9. The van der Waals surface area contributed by atoms with Crippen molar-refractivity contribution in [1.82, 2.24) is 0 Å². The zero-order valence-corrected chi connectivity index (χ0v) is 11.7. The van der Waals surface area contributed by atoms with Crippen molar-refractivity contribution in [2.75, 3.05) is 13.3 Å². The third kappa shape index (κ3) is 3.51. The number of hydrogen-bond donors (Lipinski definition) is 2. The van der Waals surface area contributed by atoms with Gasteiger partial charge in [-0.05, 0) is 36.6 Å². The van der Waals surface area contributed by atoms with E-state index in [0.717, 1.165) is 5.56 Å². The second-order valence-corrected chi connectivity index (χ2v) is 4.90. The van der Waals surface area contributed by atoms with Crippen LogP contribution in [0.25, 0.3) is 0 Å². The van der Waals surface area contributed by atoms with Crippen LogP contribution in [0.2, 0.25) is 0 Å². The van der Waals surface area contributed by atoms with E-state index in [-0.39, 0.29) is 26.2 Å². The van der Waals surface area contributed by atoms with Gasteiger partial charge in [-0.3, -0.25) is 4.99 Å². The zero-order valence-electron chi connectivity index (χ0n) is 11.7. The molecule has 1 aromatic carbocycles. The van der Waals surface area contributed by atoms with Crippen LogP contribution in [0.15, 0.2) is 23.2 Å². The van der Waals surface area contributed by atoms with E-state index < -0.39 is 17.9 Å². The first kappa shape index (κ1) is 16.2. The van der Waals surface area contributed by atoms with Crippen molar-refractivity contribution in [2.45, 2.75) is 24.8 Å². The van der Waals surface area contributed by atoms with Gasteiger partial charge in [-0.1, -0.05) is 0 Å². The van der Waals surface area contributed by atoms with Crippen LogP contribution in [0, 0.1) is 0 Å². The van der Waals surface area contributed by atoms with Crippen LogP contribution in [0.1, 0.15) is 18.4 Å². The molecule has 0 bridgehead atoms. The number of carbonyl (C=O) groups is 1. The molecule has 1 aliphatic rings. The van der Waals surface area contributed by atoms with Crippen LogP contribution >= 0.6 is 0 Å². The number of rotatable bonds is 7. The summed E-state index contributed by atoms with van der Waals surface area (Å²) in [5, 5.41) is 8.76. The first-order valence-electron chi connectivity index (χ1n) is 6.63. The van der Waals surface area contributed by atoms with Crippen LogP contribution < -0.4 is 15.2 Å². The van der Waals surface area contributed by atoms with Crippen LogP contribution in [-0.2, 0) is 4.79 Å². The number of carboxylic acids is 1. The highest BCUT2D eigenvalue weighted by Gasteiger charge is 2.43. The Labute approximate surface area is 125 Å². The summed E-state index contributed by atoms with van der Waals surface area (Å²) in [5.41, 5.74) is 3.46. The molecule has 0 radical (unpaired) electrons. The SMILES string of the molecule is NC(CCCN=Cc1ccc2c(c1)OCO2)(C(=O)O)C(F)F. The van der Waals surface area contributed by atoms with Crippen molar-refractivity contribution in [3.63, 3.8) is 0 Å². The summed E-state index contributed by atoms with van der Waals surface area (Å²) in [5.74, 6) is -0.431. The van der Waals surface area contributed by atoms with E-state index in [2.05, 4.69) is 4.99 Å². The monoisotopic (exact) mass is 314 g/mol. The van der Waals surface area contributed by atoms with Gasteiger partial charge in [0.15, 0.2) is 17.0 Å². The van der Waals surface area contributed by atoms with Crippen LogP contribution in [0.3, 0.4) is 0 Å². The first-order chi connectivity index (χ1) is 10.4. The Bertz CT molecular complexity index is 580. The summed E-state index contributed by atoms with van der Waals surface area (Å²) in [6.07, 6.45) is -1.77. The highest BCUT2D eigenvalue weighted by Crippen LogP contribution is 2.32. The largest absolute Gasteiger partial charge is 0.480 e. The molecule has 22 heavy (non-hydrogen) atoms. The molecule has 0 amide bonds. The summed E-state index contributed by atoms with van der Waals surface area (Å²) in [6, 6.07) is 5.27. The van der Waals surface area contributed by atoms with Gasteiger partial charge in [0.2, 0.25) is 6.79 Å². The van der Waals surface area contributed by atoms with Gasteiger partial charge in [0.05, 0.1) is 0 Å². The molecule has 1 unspecified atom stereocenters. The minimum Gasteiger partial charge on any atom is -0.480 e. The lowest BCUT2D eigenvalue weighted by Gasteiger charge is -2.22. The molecular formula is C14H16F2N2O4. The van der Waals surface area contributed by atoms with Gasteiger partial charge in [-0.25, -0.2) is 13.6 Å². The Kier molecular flexibility index (Phi) is 4.92. The molecule has 2 rings (SSSR count). The molecule has 1 aliphatic heterocycles. The predicted octanol–water partition coefficient (Wildman–Crippen LogP) is 1.66. The second kappa shape index (κ2) is 6.69. The lowest BCUT2D eigenvalue weighted by Crippen LogP contribution is -2.54. The number of benzene rings is 1. The van der Waals surface area contributed by atoms with Gasteiger partial charge in [-0.2, -0.15) is 0 Å². The van der Waals surface area contributed by atoms with Crippen molar-refractivity contribution < 1.29 is 28.2 Å². The second-order valence-electron chi connectivity index (χ2n) is 4.90. The van der Waals surface area contributed by atoms with Gasteiger partial charge >= 0.3 is 5.97 Å². The quantitative estimate of drug-likeness (QED) is 0.589. The molecular weight excluding hydrogens is 298 g/mol. The Morgan fingerprint density at radius 1 is 1.45 bits per heavy atom. The third-order valence-corrected chi connectivity index (χ3v) is 3.30. The number of aliphatic imine (C=N–C) groups is 1. The normalized spacial score (nSPS) is 16.2. The molecule has 0 aromatic heterocycles. The number of hydrogen-bond acceptors (Lipinski definition) is 5. The van der Waals surface area contributed by atoms with Crippen LogP contribution in [0.5, 0.6) is 11.5 Å². The summed E-state index contributed by atoms with van der Waals surface area (Å²) in [6.45, 7) is 0.380. The first-order valence-corrected chi connectivity index (χ1v) is 6.63. The highest BCUT2D eigenvalue weighted by molar-refractivity contribution is 5.81. The maximum atomic E-state index is 12.7. The van der Waals surface area contributed by atoms with E-state index in [4.69, 9.17) is 20.3 Å². The van der Waals surface area contributed by atoms with Crippen molar-refractivity contribution >= 4 is 12.2 Å². The zero-order chi connectivity index (χ0) is 16.2. The van der Waals surface area contributed by atoms with E-state index in [1.807, 2.05) is 0 Å². The van der Waals surface area contributed by atoms with Crippen LogP contribution in [0.4, 0.5) is 8.78 Å². The van der Waals surface area contributed by atoms with Crippen molar-refractivity contribution in [1.29, 1.82) is 0 Å². The maximum absolute atomic E-state index is 12.7. The Balaban J connectivity index is 1.84. The molecule has 0 saturated heterocycles. The van der Waals surface area contributed by atoms with E-state index in [1.54, 1.807) is 24.4 Å². The van der Waals surface area contributed by atoms with E-state index in [0.29, 0.717) is 11.5 Å². The number of ether oxygens (including phenoxy) is 2. The van der Waals surface area contributed by atoms with Gasteiger partial charge in [0, 0.05) is 12.8 Å². The van der Waals surface area contributed by atoms with Crippen molar-refractivity contribution in [3.8, 4) is 11.5 Å².